The molecule has 1 atom stereocenters. The highest BCUT2D eigenvalue weighted by Gasteiger charge is 2.51. The maximum Gasteiger partial charge on any atom is 0.321 e. The number of aryl methyl sites for hydroxylation is 2. The van der Waals surface area contributed by atoms with Gasteiger partial charge in [0.2, 0.25) is 5.91 Å². The van der Waals surface area contributed by atoms with E-state index in [1.165, 1.54) is 31.0 Å². The minimum atomic E-state index is -0.530. The molecule has 0 unspecified atom stereocenters. The molecule has 7 heteroatoms. The molecule has 0 aliphatic heterocycles. The Morgan fingerprint density at radius 3 is 2.34 bits per heavy atom. The third-order valence-corrected chi connectivity index (χ3v) is 7.82. The van der Waals surface area contributed by atoms with Crippen LogP contribution in [0.5, 0.6) is 0 Å². The first kappa shape index (κ1) is 20.2. The Morgan fingerprint density at radius 1 is 1.21 bits per heavy atom. The lowest BCUT2D eigenvalue weighted by atomic mass is 9.53. The molecule has 0 spiro atoms. The van der Waals surface area contributed by atoms with E-state index in [4.69, 9.17) is 0 Å². The van der Waals surface area contributed by atoms with Crippen molar-refractivity contribution in [2.75, 3.05) is 0 Å². The van der Waals surface area contributed by atoms with E-state index < -0.39 is 11.3 Å². The predicted octanol–water partition coefficient (Wildman–Crippen LogP) is 3.85. The van der Waals surface area contributed by atoms with E-state index in [9.17, 15) is 14.9 Å². The second-order valence-electron chi connectivity index (χ2n) is 9.27. The van der Waals surface area contributed by atoms with Gasteiger partial charge in [-0.25, -0.2) is 9.78 Å². The SMILES string of the molecule is Cc1cc(C)c(C#N)c(S[C@H](C)C(=O)NC(=O)NC23CC4CC(CC(C4)C2)C3)n1. The van der Waals surface area contributed by atoms with Gasteiger partial charge in [0.25, 0.3) is 0 Å². The Morgan fingerprint density at radius 2 is 1.79 bits per heavy atom. The number of carbonyl (C=O) groups is 2. The molecule has 6 nitrogen and oxygen atoms in total. The molecule has 29 heavy (non-hydrogen) atoms. The van der Waals surface area contributed by atoms with Crippen LogP contribution in [0.15, 0.2) is 11.1 Å². The fourth-order valence-electron chi connectivity index (χ4n) is 5.99. The van der Waals surface area contributed by atoms with E-state index in [0.717, 1.165) is 48.3 Å². The summed E-state index contributed by atoms with van der Waals surface area (Å²) in [4.78, 5) is 29.6. The van der Waals surface area contributed by atoms with Gasteiger partial charge < -0.3 is 5.32 Å². The summed E-state index contributed by atoms with van der Waals surface area (Å²) in [6.45, 7) is 5.46. The van der Waals surface area contributed by atoms with Crippen LogP contribution in [-0.4, -0.2) is 27.7 Å². The van der Waals surface area contributed by atoms with E-state index in [-0.39, 0.29) is 11.4 Å². The molecule has 0 saturated heterocycles. The molecule has 4 aliphatic carbocycles. The minimum Gasteiger partial charge on any atom is -0.332 e. The number of nitrogens with one attached hydrogen (secondary N) is 2. The highest BCUT2D eigenvalue weighted by atomic mass is 32.2. The molecule has 1 aromatic rings. The van der Waals surface area contributed by atoms with Crippen molar-refractivity contribution in [2.24, 2.45) is 17.8 Å². The van der Waals surface area contributed by atoms with Crippen LogP contribution in [0.4, 0.5) is 4.79 Å². The van der Waals surface area contributed by atoms with Crippen molar-refractivity contribution in [3.05, 3.63) is 22.9 Å². The normalized spacial score (nSPS) is 30.5. The van der Waals surface area contributed by atoms with Gasteiger partial charge in [0, 0.05) is 11.2 Å². The summed E-state index contributed by atoms with van der Waals surface area (Å²) in [5.41, 5.74) is 2.00. The number of carbonyl (C=O) groups excluding carboxylic acids is 2. The number of imide groups is 1. The predicted molar refractivity (Wildman–Crippen MR) is 111 cm³/mol. The Hall–Kier alpha value is -2.07. The molecule has 0 aromatic carbocycles. The summed E-state index contributed by atoms with van der Waals surface area (Å²) >= 11 is 1.22. The average Bonchev–Trinajstić information content (AvgIpc) is 2.59. The number of thioether (sulfide) groups is 1. The van der Waals surface area contributed by atoms with Crippen molar-refractivity contribution in [1.82, 2.24) is 15.6 Å². The summed E-state index contributed by atoms with van der Waals surface area (Å²) in [6, 6.07) is 3.63. The first-order chi connectivity index (χ1) is 13.8. The number of amides is 3. The van der Waals surface area contributed by atoms with E-state index in [2.05, 4.69) is 21.7 Å². The lowest BCUT2D eigenvalue weighted by Gasteiger charge is -2.56. The van der Waals surface area contributed by atoms with Gasteiger partial charge in [-0.3, -0.25) is 10.1 Å². The van der Waals surface area contributed by atoms with Gasteiger partial charge in [-0.15, -0.1) is 0 Å². The maximum absolute atomic E-state index is 12.6. The Balaban J connectivity index is 1.37. The van der Waals surface area contributed by atoms with Crippen LogP contribution >= 0.6 is 11.8 Å². The molecule has 4 aliphatic rings. The molecule has 4 fully saturated rings. The zero-order valence-corrected chi connectivity index (χ0v) is 18.1. The van der Waals surface area contributed by atoms with Crippen molar-refractivity contribution in [3.63, 3.8) is 0 Å². The average molecular weight is 413 g/mol. The fourth-order valence-corrected chi connectivity index (χ4v) is 7.02. The van der Waals surface area contributed by atoms with Crippen LogP contribution < -0.4 is 10.6 Å². The molecule has 4 bridgehead atoms. The van der Waals surface area contributed by atoms with Gasteiger partial charge >= 0.3 is 6.03 Å². The van der Waals surface area contributed by atoms with Crippen LogP contribution in [-0.2, 0) is 4.79 Å². The standard InChI is InChI=1S/C22H28N4O2S/c1-12-4-13(2)24-20(18(12)11-23)29-14(3)19(27)25-21(28)26-22-8-15-5-16(9-22)7-17(6-15)10-22/h4,14-17H,5-10H2,1-3H3,(H2,25,26,27,28)/t14-,15?,16?,17?,22?/m1/s1. The van der Waals surface area contributed by atoms with Crippen LogP contribution in [0, 0.1) is 42.9 Å². The molecule has 2 N–H and O–H groups in total. The minimum absolute atomic E-state index is 0.126. The number of urea groups is 1. The third kappa shape index (κ3) is 4.13. The highest BCUT2D eigenvalue weighted by Crippen LogP contribution is 2.55. The second-order valence-corrected chi connectivity index (χ2v) is 10.6. The zero-order chi connectivity index (χ0) is 20.8. The number of rotatable bonds is 4. The van der Waals surface area contributed by atoms with Gasteiger partial charge in [0.15, 0.2) is 0 Å². The van der Waals surface area contributed by atoms with Crippen LogP contribution in [0.2, 0.25) is 0 Å². The fraction of sp³-hybridized carbons (Fsp3) is 0.636. The summed E-state index contributed by atoms with van der Waals surface area (Å²) < 4.78 is 0. The summed E-state index contributed by atoms with van der Waals surface area (Å²) in [6.07, 6.45) is 7.05. The number of pyridine rings is 1. The Labute approximate surface area is 176 Å². The summed E-state index contributed by atoms with van der Waals surface area (Å²) in [5, 5.41) is 15.1. The molecule has 0 radical (unpaired) electrons. The van der Waals surface area contributed by atoms with Crippen molar-refractivity contribution in [1.29, 1.82) is 5.26 Å². The smallest absolute Gasteiger partial charge is 0.321 e. The van der Waals surface area contributed by atoms with E-state index in [1.807, 2.05) is 19.9 Å². The van der Waals surface area contributed by atoms with Gasteiger partial charge in [-0.05, 0) is 88.7 Å². The number of nitrogens with zero attached hydrogens (tertiary/aromatic N) is 2. The van der Waals surface area contributed by atoms with Gasteiger partial charge in [0.05, 0.1) is 10.8 Å². The summed E-state index contributed by atoms with van der Waals surface area (Å²) in [7, 11) is 0. The number of hydrogen-bond donors (Lipinski definition) is 2. The van der Waals surface area contributed by atoms with Crippen LogP contribution in [0.25, 0.3) is 0 Å². The number of hydrogen-bond acceptors (Lipinski definition) is 5. The number of aromatic nitrogens is 1. The molecule has 4 saturated carbocycles. The Kier molecular flexibility index (Phi) is 5.32. The quantitative estimate of drug-likeness (QED) is 0.733. The van der Waals surface area contributed by atoms with E-state index >= 15 is 0 Å². The van der Waals surface area contributed by atoms with Crippen molar-refractivity contribution in [3.8, 4) is 6.07 Å². The molecule has 3 amide bonds. The molecular weight excluding hydrogens is 384 g/mol. The first-order valence-corrected chi connectivity index (χ1v) is 11.3. The lowest BCUT2D eigenvalue weighted by molar-refractivity contribution is -0.119. The van der Waals surface area contributed by atoms with Crippen molar-refractivity contribution >= 4 is 23.7 Å². The molecule has 1 heterocycles. The monoisotopic (exact) mass is 412 g/mol. The van der Waals surface area contributed by atoms with Gasteiger partial charge in [0.1, 0.15) is 11.1 Å². The van der Waals surface area contributed by atoms with Crippen LogP contribution in [0.1, 0.15) is 62.3 Å². The molecular formula is C22H28N4O2S. The zero-order valence-electron chi connectivity index (χ0n) is 17.2. The second kappa shape index (κ2) is 7.64. The molecule has 5 rings (SSSR count). The molecule has 154 valence electrons. The third-order valence-electron chi connectivity index (χ3n) is 6.73. The molecule has 1 aromatic heterocycles. The topological polar surface area (TPSA) is 94.9 Å². The van der Waals surface area contributed by atoms with Crippen molar-refractivity contribution in [2.45, 2.75) is 75.1 Å². The Bertz CT molecular complexity index is 856. The summed E-state index contributed by atoms with van der Waals surface area (Å²) in [5.74, 6) is 1.83. The van der Waals surface area contributed by atoms with E-state index in [1.54, 1.807) is 6.92 Å². The largest absolute Gasteiger partial charge is 0.332 e. The highest BCUT2D eigenvalue weighted by molar-refractivity contribution is 8.00. The van der Waals surface area contributed by atoms with E-state index in [0.29, 0.717) is 10.6 Å². The first-order valence-electron chi connectivity index (χ1n) is 10.4. The lowest BCUT2D eigenvalue weighted by Crippen LogP contribution is -2.62. The van der Waals surface area contributed by atoms with Crippen LogP contribution in [0.3, 0.4) is 0 Å². The van der Waals surface area contributed by atoms with Gasteiger partial charge in [-0.1, -0.05) is 11.8 Å². The van der Waals surface area contributed by atoms with Crippen molar-refractivity contribution < 1.29 is 9.59 Å². The van der Waals surface area contributed by atoms with Gasteiger partial charge in [-0.2, -0.15) is 5.26 Å². The maximum atomic E-state index is 12.6. The number of nitriles is 1.